The van der Waals surface area contributed by atoms with Crippen LogP contribution in [0.15, 0.2) is 24.3 Å². The van der Waals surface area contributed by atoms with Crippen molar-refractivity contribution < 1.29 is 9.59 Å². The number of hydrogen-bond donors (Lipinski definition) is 1. The van der Waals surface area contributed by atoms with E-state index in [4.69, 9.17) is 11.6 Å². The van der Waals surface area contributed by atoms with Crippen molar-refractivity contribution in [1.82, 2.24) is 10.2 Å². The Morgan fingerprint density at radius 1 is 1.33 bits per heavy atom. The van der Waals surface area contributed by atoms with Gasteiger partial charge in [0.05, 0.1) is 16.6 Å². The number of carbonyl (C=O) groups excluding carboxylic acids is 2. The lowest BCUT2D eigenvalue weighted by Crippen LogP contribution is -2.48. The molecular formula is C17H23Cl2N3O2. The van der Waals surface area contributed by atoms with Crippen molar-refractivity contribution >= 4 is 41.5 Å². The number of nitrogens with one attached hydrogen (secondary N) is 1. The summed E-state index contributed by atoms with van der Waals surface area (Å²) in [6, 6.07) is 6.94. The molecule has 0 aromatic heterocycles. The monoisotopic (exact) mass is 371 g/mol. The van der Waals surface area contributed by atoms with Crippen LogP contribution in [0.1, 0.15) is 19.3 Å². The minimum absolute atomic E-state index is 0. The summed E-state index contributed by atoms with van der Waals surface area (Å²) < 4.78 is 0. The van der Waals surface area contributed by atoms with Gasteiger partial charge in [-0.3, -0.25) is 9.59 Å². The Kier molecular flexibility index (Phi) is 6.49. The van der Waals surface area contributed by atoms with Gasteiger partial charge >= 0.3 is 0 Å². The Labute approximate surface area is 153 Å². The number of likely N-dealkylation sites (N-methyl/N-ethyl adjacent to an activating group) is 1. The molecule has 132 valence electrons. The van der Waals surface area contributed by atoms with Crippen molar-refractivity contribution in [1.29, 1.82) is 0 Å². The number of piperidine rings is 1. The predicted molar refractivity (Wildman–Crippen MR) is 97.8 cm³/mol. The molecule has 0 bridgehead atoms. The van der Waals surface area contributed by atoms with Crippen LogP contribution in [0.2, 0.25) is 5.02 Å². The van der Waals surface area contributed by atoms with Crippen LogP contribution in [0.3, 0.4) is 0 Å². The first-order valence-electron chi connectivity index (χ1n) is 8.13. The van der Waals surface area contributed by atoms with E-state index in [-0.39, 0.29) is 36.2 Å². The van der Waals surface area contributed by atoms with E-state index in [9.17, 15) is 9.59 Å². The number of halogens is 2. The Morgan fingerprint density at radius 2 is 2.08 bits per heavy atom. The molecule has 5 nitrogen and oxygen atoms in total. The molecule has 24 heavy (non-hydrogen) atoms. The van der Waals surface area contributed by atoms with Gasteiger partial charge in [0.15, 0.2) is 0 Å². The third kappa shape index (κ3) is 3.68. The number of benzene rings is 1. The van der Waals surface area contributed by atoms with E-state index in [1.807, 2.05) is 18.2 Å². The van der Waals surface area contributed by atoms with Crippen LogP contribution in [-0.2, 0) is 9.59 Å². The van der Waals surface area contributed by atoms with Gasteiger partial charge in [-0.25, -0.2) is 0 Å². The summed E-state index contributed by atoms with van der Waals surface area (Å²) in [6.07, 6.45) is 2.55. The van der Waals surface area contributed by atoms with Crippen LogP contribution in [0.25, 0.3) is 0 Å². The topological polar surface area (TPSA) is 52.7 Å². The highest BCUT2D eigenvalue weighted by atomic mass is 35.5. The first-order chi connectivity index (χ1) is 11.1. The fourth-order valence-electron chi connectivity index (χ4n) is 3.44. The van der Waals surface area contributed by atoms with Gasteiger partial charge in [-0.05, 0) is 37.9 Å². The van der Waals surface area contributed by atoms with Crippen molar-refractivity contribution in [3.63, 3.8) is 0 Å². The average molecular weight is 372 g/mol. The first kappa shape index (κ1) is 19.0. The van der Waals surface area contributed by atoms with Crippen molar-refractivity contribution in [3.05, 3.63) is 29.3 Å². The molecule has 0 saturated carbocycles. The van der Waals surface area contributed by atoms with Crippen LogP contribution in [0.5, 0.6) is 0 Å². The van der Waals surface area contributed by atoms with Crippen molar-refractivity contribution in [2.45, 2.75) is 25.3 Å². The number of amides is 2. The Morgan fingerprint density at radius 3 is 2.75 bits per heavy atom. The van der Waals surface area contributed by atoms with E-state index in [1.54, 1.807) is 22.9 Å². The highest BCUT2D eigenvalue weighted by Gasteiger charge is 2.39. The molecule has 0 spiro atoms. The highest BCUT2D eigenvalue weighted by molar-refractivity contribution is 6.34. The maximum atomic E-state index is 12.7. The Bertz CT molecular complexity index is 605. The zero-order valence-corrected chi connectivity index (χ0v) is 15.3. The molecule has 3 rings (SSSR count). The largest absolute Gasteiger partial charge is 0.333 e. The molecule has 1 aromatic carbocycles. The molecule has 2 heterocycles. The zero-order valence-electron chi connectivity index (χ0n) is 13.7. The van der Waals surface area contributed by atoms with E-state index >= 15 is 0 Å². The third-order valence-corrected chi connectivity index (χ3v) is 5.10. The van der Waals surface area contributed by atoms with Gasteiger partial charge < -0.3 is 15.1 Å². The lowest BCUT2D eigenvalue weighted by molar-refractivity contribution is -0.140. The number of anilines is 1. The summed E-state index contributed by atoms with van der Waals surface area (Å²) in [6.45, 7) is 2.27. The second-order valence-corrected chi connectivity index (χ2v) is 6.65. The number of carbonyl (C=O) groups is 2. The molecule has 1 aromatic rings. The van der Waals surface area contributed by atoms with Gasteiger partial charge in [0.1, 0.15) is 6.04 Å². The highest BCUT2D eigenvalue weighted by Crippen LogP contribution is 2.30. The van der Waals surface area contributed by atoms with Gasteiger partial charge in [-0.15, -0.1) is 12.4 Å². The van der Waals surface area contributed by atoms with Crippen molar-refractivity contribution in [2.24, 2.45) is 5.92 Å². The van der Waals surface area contributed by atoms with Crippen LogP contribution in [-0.4, -0.2) is 49.4 Å². The second kappa shape index (κ2) is 8.19. The SMILES string of the molecule is CN(C(=O)C1CCCNC1)C1CCN(c2ccccc2Cl)C1=O.Cl. The van der Waals surface area contributed by atoms with Crippen LogP contribution >= 0.6 is 24.0 Å². The number of rotatable bonds is 3. The zero-order chi connectivity index (χ0) is 16.4. The number of para-hydroxylation sites is 1. The lowest BCUT2D eigenvalue weighted by Gasteiger charge is -2.30. The molecular weight excluding hydrogens is 349 g/mol. The fraction of sp³-hybridized carbons (Fsp3) is 0.529. The fourth-order valence-corrected chi connectivity index (χ4v) is 3.68. The predicted octanol–water partition coefficient (Wildman–Crippen LogP) is 2.33. The van der Waals surface area contributed by atoms with E-state index in [1.165, 1.54) is 0 Å². The van der Waals surface area contributed by atoms with Crippen LogP contribution < -0.4 is 10.2 Å². The van der Waals surface area contributed by atoms with E-state index < -0.39 is 0 Å². The minimum Gasteiger partial charge on any atom is -0.333 e. The Hall–Kier alpha value is -1.30. The first-order valence-corrected chi connectivity index (χ1v) is 8.50. The molecule has 2 fully saturated rings. The van der Waals surface area contributed by atoms with Crippen molar-refractivity contribution in [2.75, 3.05) is 31.6 Å². The minimum atomic E-state index is -0.388. The molecule has 2 saturated heterocycles. The summed E-state index contributed by atoms with van der Waals surface area (Å²) in [5.41, 5.74) is 0.724. The standard InChI is InChI=1S/C17H22ClN3O2.ClH/c1-20(16(22)12-5-4-9-19-11-12)15-8-10-21(17(15)23)14-7-3-2-6-13(14)18;/h2-3,6-7,12,15,19H,4-5,8-11H2,1H3;1H. The molecule has 0 radical (unpaired) electrons. The third-order valence-electron chi connectivity index (χ3n) is 4.78. The number of hydrogen-bond acceptors (Lipinski definition) is 3. The summed E-state index contributed by atoms with van der Waals surface area (Å²) >= 11 is 6.20. The molecule has 2 unspecified atom stereocenters. The summed E-state index contributed by atoms with van der Waals surface area (Å²) in [5.74, 6) is 0.00481. The van der Waals surface area contributed by atoms with Crippen molar-refractivity contribution in [3.8, 4) is 0 Å². The smallest absolute Gasteiger partial charge is 0.249 e. The van der Waals surface area contributed by atoms with Gasteiger partial charge in [-0.1, -0.05) is 23.7 Å². The summed E-state index contributed by atoms with van der Waals surface area (Å²) in [5, 5.41) is 3.82. The van der Waals surface area contributed by atoms with E-state index in [0.29, 0.717) is 24.5 Å². The molecule has 7 heteroatoms. The maximum absolute atomic E-state index is 12.7. The lowest BCUT2D eigenvalue weighted by atomic mass is 9.97. The number of nitrogens with zero attached hydrogens (tertiary/aromatic N) is 2. The molecule has 1 N–H and O–H groups in total. The second-order valence-electron chi connectivity index (χ2n) is 6.24. The van der Waals surface area contributed by atoms with Gasteiger partial charge in [0.2, 0.25) is 11.8 Å². The van der Waals surface area contributed by atoms with E-state index in [0.717, 1.165) is 25.1 Å². The molecule has 2 aliphatic heterocycles. The van der Waals surface area contributed by atoms with Crippen LogP contribution in [0.4, 0.5) is 5.69 Å². The Balaban J connectivity index is 0.00000208. The maximum Gasteiger partial charge on any atom is 0.249 e. The molecule has 2 amide bonds. The van der Waals surface area contributed by atoms with Gasteiger partial charge in [-0.2, -0.15) is 0 Å². The van der Waals surface area contributed by atoms with E-state index in [2.05, 4.69) is 5.32 Å². The molecule has 2 atom stereocenters. The van der Waals surface area contributed by atoms with Gasteiger partial charge in [0.25, 0.3) is 0 Å². The van der Waals surface area contributed by atoms with Crippen LogP contribution in [0, 0.1) is 5.92 Å². The quantitative estimate of drug-likeness (QED) is 0.886. The normalized spacial score (nSPS) is 23.8. The average Bonchev–Trinajstić information content (AvgIpc) is 2.96. The molecule has 0 aliphatic carbocycles. The summed E-state index contributed by atoms with van der Waals surface area (Å²) in [4.78, 5) is 28.7. The van der Waals surface area contributed by atoms with Gasteiger partial charge in [0, 0.05) is 20.1 Å². The summed E-state index contributed by atoms with van der Waals surface area (Å²) in [7, 11) is 1.75. The molecule has 2 aliphatic rings.